The van der Waals surface area contributed by atoms with Gasteiger partial charge in [0.1, 0.15) is 0 Å². The largest absolute Gasteiger partial charge is 0.381 e. The lowest BCUT2D eigenvalue weighted by Gasteiger charge is -2.32. The van der Waals surface area contributed by atoms with E-state index >= 15 is 0 Å². The Labute approximate surface area is 176 Å². The minimum Gasteiger partial charge on any atom is -0.381 e. The first kappa shape index (κ1) is 27.2. The molecule has 3 heteroatoms. The van der Waals surface area contributed by atoms with Crippen LogP contribution in [0.25, 0.3) is 0 Å². The molecule has 0 saturated carbocycles. The molecule has 0 fully saturated rings. The minimum absolute atomic E-state index is 0.0869. The molecular weight excluding hydrogens is 356 g/mol. The summed E-state index contributed by atoms with van der Waals surface area (Å²) in [5, 5.41) is 0. The highest BCUT2D eigenvalue weighted by Gasteiger charge is 2.30. The van der Waals surface area contributed by atoms with Gasteiger partial charge in [0.2, 0.25) is 0 Å². The Bertz CT molecular complexity index is 313. The van der Waals surface area contributed by atoms with Crippen LogP contribution in [-0.4, -0.2) is 31.3 Å². The summed E-state index contributed by atoms with van der Waals surface area (Å²) in [6, 6.07) is 0. The van der Waals surface area contributed by atoms with E-state index < -0.39 is 0 Å². The molecule has 0 heterocycles. The lowest BCUT2D eigenvalue weighted by atomic mass is 9.83. The van der Waals surface area contributed by atoms with Crippen molar-refractivity contribution in [1.29, 1.82) is 0 Å². The molecule has 0 bridgehead atoms. The third-order valence-corrected chi connectivity index (χ3v) is 5.43. The molecule has 27 heavy (non-hydrogen) atoms. The highest BCUT2D eigenvalue weighted by molar-refractivity contribution is 6.23. The maximum Gasteiger partial charge on any atom is 0.0516 e. The fourth-order valence-electron chi connectivity index (χ4n) is 3.57. The van der Waals surface area contributed by atoms with Crippen molar-refractivity contribution >= 4 is 11.6 Å². The van der Waals surface area contributed by atoms with E-state index in [4.69, 9.17) is 21.1 Å². The standard InChI is InChI=1S/C24H49ClO2/c1-19(2)10-13-26-17-23(18-27-14-11-20(3)4)9-12-24(25,15-21(5)6)16-22(7)8/h19-23H,9-18H2,1-8H3. The molecule has 0 aromatic carbocycles. The van der Waals surface area contributed by atoms with Crippen molar-refractivity contribution in [2.24, 2.45) is 29.6 Å². The Hall–Kier alpha value is 0.210. The average molecular weight is 405 g/mol. The number of halogens is 1. The second kappa shape index (κ2) is 15.1. The molecule has 2 nitrogen and oxygen atoms in total. The van der Waals surface area contributed by atoms with E-state index in [0.717, 1.165) is 65.0 Å². The van der Waals surface area contributed by atoms with Gasteiger partial charge in [-0.2, -0.15) is 0 Å². The van der Waals surface area contributed by atoms with E-state index in [1.807, 2.05) is 0 Å². The Morgan fingerprint density at radius 2 is 1.04 bits per heavy atom. The molecule has 0 N–H and O–H groups in total. The van der Waals surface area contributed by atoms with Crippen LogP contribution in [0.3, 0.4) is 0 Å². The average Bonchev–Trinajstić information content (AvgIpc) is 2.50. The third-order valence-electron chi connectivity index (χ3n) is 4.93. The number of hydrogen-bond donors (Lipinski definition) is 0. The lowest BCUT2D eigenvalue weighted by Crippen LogP contribution is -2.28. The van der Waals surface area contributed by atoms with Crippen LogP contribution in [0.15, 0.2) is 0 Å². The van der Waals surface area contributed by atoms with Gasteiger partial charge in [-0.15, -0.1) is 11.6 Å². The van der Waals surface area contributed by atoms with Crippen molar-refractivity contribution in [3.05, 3.63) is 0 Å². The molecule has 0 atom stereocenters. The van der Waals surface area contributed by atoms with Crippen LogP contribution in [0.2, 0.25) is 0 Å². The monoisotopic (exact) mass is 404 g/mol. The van der Waals surface area contributed by atoms with Gasteiger partial charge in [-0.05, 0) is 62.2 Å². The maximum atomic E-state index is 7.10. The van der Waals surface area contributed by atoms with Crippen LogP contribution in [0.5, 0.6) is 0 Å². The number of hydrogen-bond acceptors (Lipinski definition) is 2. The zero-order valence-electron chi connectivity index (χ0n) is 19.7. The van der Waals surface area contributed by atoms with E-state index in [0.29, 0.717) is 29.6 Å². The predicted molar refractivity (Wildman–Crippen MR) is 121 cm³/mol. The molecule has 0 aliphatic heterocycles. The SMILES string of the molecule is CC(C)CCOCC(CCC(Cl)(CC(C)C)CC(C)C)COCCC(C)C. The summed E-state index contributed by atoms with van der Waals surface area (Å²) in [4.78, 5) is -0.0869. The van der Waals surface area contributed by atoms with E-state index in [1.54, 1.807) is 0 Å². The van der Waals surface area contributed by atoms with Gasteiger partial charge < -0.3 is 9.47 Å². The van der Waals surface area contributed by atoms with Gasteiger partial charge >= 0.3 is 0 Å². The summed E-state index contributed by atoms with van der Waals surface area (Å²) >= 11 is 7.10. The number of alkyl halides is 1. The van der Waals surface area contributed by atoms with Gasteiger partial charge in [0.25, 0.3) is 0 Å². The highest BCUT2D eigenvalue weighted by Crippen LogP contribution is 2.37. The van der Waals surface area contributed by atoms with Gasteiger partial charge in [0.15, 0.2) is 0 Å². The van der Waals surface area contributed by atoms with Crippen LogP contribution in [0, 0.1) is 29.6 Å². The van der Waals surface area contributed by atoms with E-state index in [-0.39, 0.29) is 4.87 Å². The zero-order chi connectivity index (χ0) is 20.9. The summed E-state index contributed by atoms with van der Waals surface area (Å²) in [5.41, 5.74) is 0. The normalized spacial score (nSPS) is 13.1. The smallest absolute Gasteiger partial charge is 0.0516 e. The molecule has 0 aromatic rings. The van der Waals surface area contributed by atoms with Crippen molar-refractivity contribution < 1.29 is 9.47 Å². The first-order chi connectivity index (χ1) is 12.5. The van der Waals surface area contributed by atoms with Gasteiger partial charge in [-0.1, -0.05) is 55.4 Å². The van der Waals surface area contributed by atoms with Crippen LogP contribution < -0.4 is 0 Å². The molecular formula is C24H49ClO2. The van der Waals surface area contributed by atoms with E-state index in [9.17, 15) is 0 Å². The second-order valence-corrected chi connectivity index (χ2v) is 11.1. The van der Waals surface area contributed by atoms with Crippen molar-refractivity contribution in [2.75, 3.05) is 26.4 Å². The van der Waals surface area contributed by atoms with Gasteiger partial charge in [-0.3, -0.25) is 0 Å². The Balaban J connectivity index is 4.60. The van der Waals surface area contributed by atoms with Gasteiger partial charge in [0, 0.05) is 24.0 Å². The van der Waals surface area contributed by atoms with Crippen molar-refractivity contribution in [1.82, 2.24) is 0 Å². The van der Waals surface area contributed by atoms with Crippen LogP contribution in [0.4, 0.5) is 0 Å². The maximum absolute atomic E-state index is 7.10. The van der Waals surface area contributed by atoms with Crippen LogP contribution in [0.1, 0.15) is 93.9 Å². The molecule has 0 saturated heterocycles. The van der Waals surface area contributed by atoms with Crippen LogP contribution in [-0.2, 0) is 9.47 Å². The lowest BCUT2D eigenvalue weighted by molar-refractivity contribution is 0.0278. The topological polar surface area (TPSA) is 18.5 Å². The first-order valence-corrected chi connectivity index (χ1v) is 11.8. The molecule has 0 spiro atoms. The molecule has 0 aliphatic carbocycles. The minimum atomic E-state index is -0.0869. The van der Waals surface area contributed by atoms with Crippen molar-refractivity contribution in [2.45, 2.75) is 98.8 Å². The summed E-state index contributed by atoms with van der Waals surface area (Å²) in [7, 11) is 0. The Morgan fingerprint density at radius 1 is 0.630 bits per heavy atom. The number of rotatable bonds is 17. The quantitative estimate of drug-likeness (QED) is 0.184. The summed E-state index contributed by atoms with van der Waals surface area (Å²) in [6.07, 6.45) is 6.56. The summed E-state index contributed by atoms with van der Waals surface area (Å²) in [6.45, 7) is 21.4. The summed E-state index contributed by atoms with van der Waals surface area (Å²) in [5.74, 6) is 3.09. The second-order valence-electron chi connectivity index (χ2n) is 10.3. The fourth-order valence-corrected chi connectivity index (χ4v) is 4.29. The van der Waals surface area contributed by atoms with Crippen LogP contribution >= 0.6 is 11.6 Å². The van der Waals surface area contributed by atoms with Gasteiger partial charge in [0.05, 0.1) is 13.2 Å². The third kappa shape index (κ3) is 16.8. The van der Waals surface area contributed by atoms with E-state index in [2.05, 4.69) is 55.4 Å². The van der Waals surface area contributed by atoms with Gasteiger partial charge in [-0.25, -0.2) is 0 Å². The molecule has 0 amide bonds. The molecule has 0 unspecified atom stereocenters. The molecule has 0 aliphatic rings. The molecule has 164 valence electrons. The first-order valence-electron chi connectivity index (χ1n) is 11.4. The van der Waals surface area contributed by atoms with Crippen molar-refractivity contribution in [3.63, 3.8) is 0 Å². The Morgan fingerprint density at radius 3 is 1.37 bits per heavy atom. The zero-order valence-corrected chi connectivity index (χ0v) is 20.4. The van der Waals surface area contributed by atoms with Crippen molar-refractivity contribution in [3.8, 4) is 0 Å². The molecule has 0 radical (unpaired) electrons. The predicted octanol–water partition coefficient (Wildman–Crippen LogP) is 7.58. The molecule has 0 aromatic heterocycles. The summed E-state index contributed by atoms with van der Waals surface area (Å²) < 4.78 is 12.0. The van der Waals surface area contributed by atoms with E-state index in [1.165, 1.54) is 0 Å². The fraction of sp³-hybridized carbons (Fsp3) is 1.00. The molecule has 0 rings (SSSR count). The highest BCUT2D eigenvalue weighted by atomic mass is 35.5. The number of ether oxygens (including phenoxy) is 2. The Kier molecular flexibility index (Phi) is 15.2.